The van der Waals surface area contributed by atoms with Gasteiger partial charge in [0.25, 0.3) is 0 Å². The summed E-state index contributed by atoms with van der Waals surface area (Å²) in [7, 11) is 0. The molecule has 1 aromatic carbocycles. The van der Waals surface area contributed by atoms with Crippen molar-refractivity contribution in [3.05, 3.63) is 41.0 Å². The lowest BCUT2D eigenvalue weighted by Gasteiger charge is -1.97. The van der Waals surface area contributed by atoms with Crippen molar-refractivity contribution in [2.75, 3.05) is 6.61 Å². The second-order valence-electron chi connectivity index (χ2n) is 2.85. The molecule has 0 spiro atoms. The fraction of sp³-hybridized carbons (Fsp3) is 0.200. The molecule has 0 aliphatic rings. The average molecular weight is 184 g/mol. The van der Waals surface area contributed by atoms with Crippen molar-refractivity contribution < 1.29 is 13.9 Å². The maximum atomic E-state index is 12.7. The molecule has 0 aromatic heterocycles. The molecule has 1 N–H and O–H groups in total. The third-order valence-electron chi connectivity index (χ3n) is 1.55. The Morgan fingerprint density at radius 3 is 2.31 bits per heavy atom. The van der Waals surface area contributed by atoms with Gasteiger partial charge in [0.1, 0.15) is 11.6 Å². The quantitative estimate of drug-likeness (QED) is 0.748. The third-order valence-corrected chi connectivity index (χ3v) is 1.55. The lowest BCUT2D eigenvalue weighted by atomic mass is 10.1. The topological polar surface area (TPSA) is 20.2 Å². The van der Waals surface area contributed by atoms with Gasteiger partial charge >= 0.3 is 0 Å². The van der Waals surface area contributed by atoms with E-state index >= 15 is 0 Å². The largest absolute Gasteiger partial charge is 0.392 e. The second kappa shape index (κ2) is 4.14. The van der Waals surface area contributed by atoms with E-state index < -0.39 is 11.6 Å². The van der Waals surface area contributed by atoms with Gasteiger partial charge in [-0.05, 0) is 30.2 Å². The van der Waals surface area contributed by atoms with Crippen LogP contribution in [0, 0.1) is 11.6 Å². The lowest BCUT2D eigenvalue weighted by Crippen LogP contribution is -1.86. The van der Waals surface area contributed by atoms with E-state index in [9.17, 15) is 8.78 Å². The number of halogens is 2. The van der Waals surface area contributed by atoms with Gasteiger partial charge in [0.05, 0.1) is 6.61 Å². The average Bonchev–Trinajstić information content (AvgIpc) is 2.02. The molecule has 1 aromatic rings. The molecule has 0 heterocycles. The van der Waals surface area contributed by atoms with Crippen LogP contribution in [0.25, 0.3) is 6.08 Å². The van der Waals surface area contributed by atoms with Crippen LogP contribution in [-0.4, -0.2) is 11.7 Å². The highest BCUT2D eigenvalue weighted by Crippen LogP contribution is 2.11. The highest BCUT2D eigenvalue weighted by molar-refractivity contribution is 5.52. The smallest absolute Gasteiger partial charge is 0.126 e. The van der Waals surface area contributed by atoms with Crippen LogP contribution in [0.3, 0.4) is 0 Å². The predicted molar refractivity (Wildman–Crippen MR) is 47.1 cm³/mol. The van der Waals surface area contributed by atoms with Gasteiger partial charge in [-0.25, -0.2) is 8.78 Å². The molecule has 0 unspecified atom stereocenters. The zero-order valence-corrected chi connectivity index (χ0v) is 7.22. The molecule has 1 rings (SSSR count). The Morgan fingerprint density at radius 1 is 1.31 bits per heavy atom. The maximum Gasteiger partial charge on any atom is 0.126 e. The molecule has 0 amide bonds. The first kappa shape index (κ1) is 9.86. The molecule has 0 aliphatic heterocycles. The van der Waals surface area contributed by atoms with Crippen molar-refractivity contribution in [1.29, 1.82) is 0 Å². The SMILES string of the molecule is C/C(=C/c1cc(F)cc(F)c1)CO. The molecular formula is C10H10F2O. The van der Waals surface area contributed by atoms with E-state index in [1.807, 2.05) is 0 Å². The zero-order chi connectivity index (χ0) is 9.84. The highest BCUT2D eigenvalue weighted by Gasteiger charge is 1.98. The van der Waals surface area contributed by atoms with E-state index in [1.165, 1.54) is 18.2 Å². The summed E-state index contributed by atoms with van der Waals surface area (Å²) >= 11 is 0. The minimum Gasteiger partial charge on any atom is -0.392 e. The molecular weight excluding hydrogens is 174 g/mol. The van der Waals surface area contributed by atoms with Crippen molar-refractivity contribution in [1.82, 2.24) is 0 Å². The fourth-order valence-corrected chi connectivity index (χ4v) is 0.989. The molecule has 0 atom stereocenters. The maximum absolute atomic E-state index is 12.7. The summed E-state index contributed by atoms with van der Waals surface area (Å²) < 4.78 is 25.3. The third kappa shape index (κ3) is 2.95. The van der Waals surface area contributed by atoms with Crippen LogP contribution in [0.4, 0.5) is 8.78 Å². The number of aliphatic hydroxyl groups is 1. The van der Waals surface area contributed by atoms with Gasteiger partial charge in [0, 0.05) is 6.07 Å². The Kier molecular flexibility index (Phi) is 3.14. The zero-order valence-electron chi connectivity index (χ0n) is 7.22. The number of aliphatic hydroxyl groups excluding tert-OH is 1. The summed E-state index contributed by atoms with van der Waals surface area (Å²) in [6.07, 6.45) is 1.53. The standard InChI is InChI=1S/C10H10F2O/c1-7(6-13)2-8-3-9(11)5-10(12)4-8/h2-5,13H,6H2,1H3/b7-2-. The highest BCUT2D eigenvalue weighted by atomic mass is 19.1. The molecule has 1 nitrogen and oxygen atoms in total. The van der Waals surface area contributed by atoms with E-state index in [4.69, 9.17) is 5.11 Å². The molecule has 0 radical (unpaired) electrons. The molecule has 0 bridgehead atoms. The summed E-state index contributed by atoms with van der Waals surface area (Å²) in [5.41, 5.74) is 1.08. The molecule has 13 heavy (non-hydrogen) atoms. The minimum absolute atomic E-state index is 0.113. The lowest BCUT2D eigenvalue weighted by molar-refractivity contribution is 0.332. The summed E-state index contributed by atoms with van der Waals surface area (Å²) in [4.78, 5) is 0. The fourth-order valence-electron chi connectivity index (χ4n) is 0.989. The Bertz CT molecular complexity index is 311. The minimum atomic E-state index is -0.614. The van der Waals surface area contributed by atoms with Crippen LogP contribution < -0.4 is 0 Å². The Balaban J connectivity index is 3.02. The summed E-state index contributed by atoms with van der Waals surface area (Å²) in [5.74, 6) is -1.23. The van der Waals surface area contributed by atoms with Crippen molar-refractivity contribution in [3.63, 3.8) is 0 Å². The van der Waals surface area contributed by atoms with E-state index in [1.54, 1.807) is 6.92 Å². The van der Waals surface area contributed by atoms with Crippen molar-refractivity contribution >= 4 is 6.08 Å². The first-order valence-corrected chi connectivity index (χ1v) is 3.86. The van der Waals surface area contributed by atoms with Gasteiger partial charge in [0.2, 0.25) is 0 Å². The molecule has 0 aliphatic carbocycles. The van der Waals surface area contributed by atoms with Crippen LogP contribution in [-0.2, 0) is 0 Å². The predicted octanol–water partition coefficient (Wildman–Crippen LogP) is 2.36. The van der Waals surface area contributed by atoms with Crippen molar-refractivity contribution in [2.24, 2.45) is 0 Å². The van der Waals surface area contributed by atoms with Crippen molar-refractivity contribution in [2.45, 2.75) is 6.92 Å². The van der Waals surface area contributed by atoms with Gasteiger partial charge in [-0.3, -0.25) is 0 Å². The summed E-state index contributed by atoms with van der Waals surface area (Å²) in [6, 6.07) is 3.23. The number of benzene rings is 1. The van der Waals surface area contributed by atoms with E-state index in [-0.39, 0.29) is 6.61 Å². The molecule has 3 heteroatoms. The van der Waals surface area contributed by atoms with Gasteiger partial charge in [-0.1, -0.05) is 6.08 Å². The summed E-state index contributed by atoms with van der Waals surface area (Å²) in [5, 5.41) is 8.68. The number of rotatable bonds is 2. The van der Waals surface area contributed by atoms with E-state index in [0.29, 0.717) is 11.1 Å². The monoisotopic (exact) mass is 184 g/mol. The van der Waals surface area contributed by atoms with Gasteiger partial charge in [0.15, 0.2) is 0 Å². The summed E-state index contributed by atoms with van der Waals surface area (Å²) in [6.45, 7) is 1.57. The van der Waals surface area contributed by atoms with Crippen LogP contribution in [0.15, 0.2) is 23.8 Å². The van der Waals surface area contributed by atoms with Gasteiger partial charge < -0.3 is 5.11 Å². The van der Waals surface area contributed by atoms with Gasteiger partial charge in [-0.15, -0.1) is 0 Å². The number of hydrogen-bond donors (Lipinski definition) is 1. The molecule has 70 valence electrons. The van der Waals surface area contributed by atoms with E-state index in [0.717, 1.165) is 6.07 Å². The molecule has 0 fully saturated rings. The van der Waals surface area contributed by atoms with Crippen LogP contribution in [0.1, 0.15) is 12.5 Å². The van der Waals surface area contributed by atoms with Crippen LogP contribution in [0.2, 0.25) is 0 Å². The normalized spacial score (nSPS) is 11.8. The molecule has 0 saturated carbocycles. The van der Waals surface area contributed by atoms with E-state index in [2.05, 4.69) is 0 Å². The Hall–Kier alpha value is -1.22. The second-order valence-corrected chi connectivity index (χ2v) is 2.85. The number of hydrogen-bond acceptors (Lipinski definition) is 1. The Morgan fingerprint density at radius 2 is 1.85 bits per heavy atom. The van der Waals surface area contributed by atoms with Crippen LogP contribution >= 0.6 is 0 Å². The Labute approximate surface area is 75.3 Å². The molecule has 0 saturated heterocycles. The van der Waals surface area contributed by atoms with Gasteiger partial charge in [-0.2, -0.15) is 0 Å². The first-order chi connectivity index (χ1) is 6.11. The van der Waals surface area contributed by atoms with Crippen LogP contribution in [0.5, 0.6) is 0 Å². The van der Waals surface area contributed by atoms with Crippen molar-refractivity contribution in [3.8, 4) is 0 Å². The first-order valence-electron chi connectivity index (χ1n) is 3.86.